The molecule has 0 aliphatic carbocycles. The van der Waals surface area contributed by atoms with E-state index in [9.17, 15) is 9.46 Å². The summed E-state index contributed by atoms with van der Waals surface area (Å²) >= 11 is 0. The molecule has 0 fully saturated rings. The maximum atomic E-state index is 11.3. The lowest BCUT2D eigenvalue weighted by atomic mass is 10.2. The van der Waals surface area contributed by atoms with Crippen molar-refractivity contribution in [3.05, 3.63) is 29.8 Å². The third-order valence-electron chi connectivity index (χ3n) is 1.83. The van der Waals surface area contributed by atoms with E-state index in [1.807, 2.05) is 0 Å². The van der Waals surface area contributed by atoms with Crippen molar-refractivity contribution in [3.8, 4) is 5.75 Å². The molecule has 1 aromatic carbocycles. The van der Waals surface area contributed by atoms with Gasteiger partial charge in [-0.2, -0.15) is 0 Å². The highest BCUT2D eigenvalue weighted by Crippen LogP contribution is 2.43. The SMILES string of the molecule is CCP(=O)(O)Cc1cccc(O)c1. The van der Waals surface area contributed by atoms with Crippen LogP contribution in [0.4, 0.5) is 0 Å². The zero-order chi connectivity index (χ0) is 9.90. The van der Waals surface area contributed by atoms with Gasteiger partial charge in [0.05, 0.1) is 0 Å². The summed E-state index contributed by atoms with van der Waals surface area (Å²) in [5.74, 6) is 0.133. The molecule has 0 saturated heterocycles. The van der Waals surface area contributed by atoms with Crippen LogP contribution >= 0.6 is 7.37 Å². The third kappa shape index (κ3) is 3.21. The summed E-state index contributed by atoms with van der Waals surface area (Å²) in [7, 11) is -3.03. The Labute approximate surface area is 77.5 Å². The number of rotatable bonds is 3. The van der Waals surface area contributed by atoms with E-state index >= 15 is 0 Å². The minimum absolute atomic E-state index is 0.133. The molecule has 0 bridgehead atoms. The van der Waals surface area contributed by atoms with Crippen LogP contribution in [0.2, 0.25) is 0 Å². The van der Waals surface area contributed by atoms with E-state index in [-0.39, 0.29) is 18.1 Å². The molecule has 3 nitrogen and oxygen atoms in total. The Morgan fingerprint density at radius 3 is 2.69 bits per heavy atom. The molecule has 2 N–H and O–H groups in total. The van der Waals surface area contributed by atoms with Crippen LogP contribution in [0.1, 0.15) is 12.5 Å². The smallest absolute Gasteiger partial charge is 0.204 e. The summed E-state index contributed by atoms with van der Waals surface area (Å²) in [4.78, 5) is 9.34. The fourth-order valence-electron chi connectivity index (χ4n) is 1.05. The van der Waals surface area contributed by atoms with Crippen LogP contribution in [-0.2, 0) is 10.7 Å². The van der Waals surface area contributed by atoms with Gasteiger partial charge in [-0.15, -0.1) is 0 Å². The second-order valence-corrected chi connectivity index (χ2v) is 5.63. The molecule has 1 atom stereocenters. The summed E-state index contributed by atoms with van der Waals surface area (Å²) in [6.45, 7) is 1.68. The van der Waals surface area contributed by atoms with Crippen LogP contribution in [0, 0.1) is 0 Å². The minimum atomic E-state index is -3.03. The Balaban J connectivity index is 2.81. The van der Waals surface area contributed by atoms with E-state index in [0.717, 1.165) is 0 Å². The van der Waals surface area contributed by atoms with Gasteiger partial charge in [-0.05, 0) is 17.7 Å². The number of phenols is 1. The van der Waals surface area contributed by atoms with Crippen LogP contribution in [0.15, 0.2) is 24.3 Å². The monoisotopic (exact) mass is 200 g/mol. The lowest BCUT2D eigenvalue weighted by molar-refractivity contribution is 0.473. The van der Waals surface area contributed by atoms with Crippen molar-refractivity contribution in [2.24, 2.45) is 0 Å². The second kappa shape index (κ2) is 3.95. The van der Waals surface area contributed by atoms with E-state index in [4.69, 9.17) is 5.11 Å². The average Bonchev–Trinajstić information content (AvgIpc) is 2.03. The van der Waals surface area contributed by atoms with Gasteiger partial charge in [-0.3, -0.25) is 4.57 Å². The predicted molar refractivity (Wildman–Crippen MR) is 52.2 cm³/mol. The fraction of sp³-hybridized carbons (Fsp3) is 0.333. The zero-order valence-corrected chi connectivity index (χ0v) is 8.37. The molecular formula is C9H13O3P. The standard InChI is InChI=1S/C9H13O3P/c1-2-13(11,12)7-8-4-3-5-9(10)6-8/h3-6,10H,2,7H2,1H3,(H,11,12). The van der Waals surface area contributed by atoms with Gasteiger partial charge in [-0.1, -0.05) is 19.1 Å². The average molecular weight is 200 g/mol. The Kier molecular flexibility index (Phi) is 3.12. The number of hydrogen-bond acceptors (Lipinski definition) is 2. The molecule has 1 aromatic rings. The van der Waals surface area contributed by atoms with Gasteiger partial charge in [-0.25, -0.2) is 0 Å². The van der Waals surface area contributed by atoms with Crippen molar-refractivity contribution in [1.82, 2.24) is 0 Å². The highest BCUT2D eigenvalue weighted by molar-refractivity contribution is 7.57. The largest absolute Gasteiger partial charge is 0.508 e. The molecule has 13 heavy (non-hydrogen) atoms. The summed E-state index contributed by atoms with van der Waals surface area (Å²) in [6.07, 6.45) is 0.403. The molecule has 0 saturated carbocycles. The highest BCUT2D eigenvalue weighted by Gasteiger charge is 2.15. The van der Waals surface area contributed by atoms with Crippen molar-refractivity contribution >= 4 is 7.37 Å². The predicted octanol–water partition coefficient (Wildman–Crippen LogP) is 2.18. The van der Waals surface area contributed by atoms with E-state index in [2.05, 4.69) is 0 Å². The van der Waals surface area contributed by atoms with Crippen LogP contribution in [-0.4, -0.2) is 16.2 Å². The molecule has 0 heterocycles. The molecule has 0 aliphatic heterocycles. The molecule has 4 heteroatoms. The molecule has 0 radical (unpaired) electrons. The third-order valence-corrected chi connectivity index (χ3v) is 3.68. The van der Waals surface area contributed by atoms with Crippen molar-refractivity contribution in [2.45, 2.75) is 13.1 Å². The summed E-state index contributed by atoms with van der Waals surface area (Å²) in [6, 6.07) is 6.45. The van der Waals surface area contributed by atoms with Gasteiger partial charge in [0.15, 0.2) is 0 Å². The number of phenolic OH excluding ortho intramolecular Hbond substituents is 1. The highest BCUT2D eigenvalue weighted by atomic mass is 31.2. The first kappa shape index (κ1) is 10.3. The topological polar surface area (TPSA) is 57.5 Å². The van der Waals surface area contributed by atoms with Gasteiger partial charge >= 0.3 is 0 Å². The Morgan fingerprint density at radius 1 is 1.46 bits per heavy atom. The Hall–Kier alpha value is -0.790. The van der Waals surface area contributed by atoms with Crippen LogP contribution in [0.5, 0.6) is 5.75 Å². The van der Waals surface area contributed by atoms with E-state index < -0.39 is 7.37 Å². The molecular weight excluding hydrogens is 187 g/mol. The maximum Gasteiger partial charge on any atom is 0.204 e. The minimum Gasteiger partial charge on any atom is -0.508 e. The molecule has 1 unspecified atom stereocenters. The van der Waals surface area contributed by atoms with Crippen molar-refractivity contribution in [3.63, 3.8) is 0 Å². The number of aromatic hydroxyl groups is 1. The molecule has 1 rings (SSSR count). The first-order valence-electron chi connectivity index (χ1n) is 4.12. The van der Waals surface area contributed by atoms with E-state index in [0.29, 0.717) is 5.56 Å². The van der Waals surface area contributed by atoms with Crippen LogP contribution in [0.25, 0.3) is 0 Å². The Morgan fingerprint density at radius 2 is 2.15 bits per heavy atom. The van der Waals surface area contributed by atoms with Gasteiger partial charge in [0.25, 0.3) is 0 Å². The molecule has 0 aromatic heterocycles. The first-order valence-corrected chi connectivity index (χ1v) is 6.15. The Bertz CT molecular complexity index is 335. The zero-order valence-electron chi connectivity index (χ0n) is 7.47. The van der Waals surface area contributed by atoms with Gasteiger partial charge in [0.1, 0.15) is 5.75 Å². The van der Waals surface area contributed by atoms with Crippen molar-refractivity contribution in [1.29, 1.82) is 0 Å². The van der Waals surface area contributed by atoms with Gasteiger partial charge in [0.2, 0.25) is 7.37 Å². The van der Waals surface area contributed by atoms with Gasteiger partial charge in [0, 0.05) is 12.3 Å². The number of benzene rings is 1. The summed E-state index contributed by atoms with van der Waals surface area (Å²) in [5.41, 5.74) is 0.702. The molecule has 0 amide bonds. The van der Waals surface area contributed by atoms with Gasteiger partial charge < -0.3 is 10.00 Å². The lowest BCUT2D eigenvalue weighted by Gasteiger charge is -2.08. The fourth-order valence-corrected chi connectivity index (χ4v) is 2.04. The van der Waals surface area contributed by atoms with E-state index in [1.54, 1.807) is 19.1 Å². The summed E-state index contributed by atoms with van der Waals surface area (Å²) in [5, 5.41) is 9.11. The molecule has 0 spiro atoms. The first-order chi connectivity index (χ1) is 6.03. The summed E-state index contributed by atoms with van der Waals surface area (Å²) < 4.78 is 11.3. The second-order valence-electron chi connectivity index (χ2n) is 2.99. The van der Waals surface area contributed by atoms with Crippen LogP contribution < -0.4 is 0 Å². The molecule has 72 valence electrons. The quantitative estimate of drug-likeness (QED) is 0.735. The van der Waals surface area contributed by atoms with Crippen molar-refractivity contribution < 1.29 is 14.6 Å². The van der Waals surface area contributed by atoms with Crippen LogP contribution in [0.3, 0.4) is 0 Å². The maximum absolute atomic E-state index is 11.3. The number of hydrogen-bond donors (Lipinski definition) is 2. The van der Waals surface area contributed by atoms with E-state index in [1.165, 1.54) is 12.1 Å². The van der Waals surface area contributed by atoms with Crippen molar-refractivity contribution in [2.75, 3.05) is 6.16 Å². The lowest BCUT2D eigenvalue weighted by Crippen LogP contribution is -1.89. The normalized spacial score (nSPS) is 15.2. The molecule has 0 aliphatic rings.